The van der Waals surface area contributed by atoms with Gasteiger partial charge in [0, 0.05) is 13.0 Å². The maximum atomic E-state index is 11.6. The Labute approximate surface area is 72.4 Å². The predicted octanol–water partition coefficient (Wildman–Crippen LogP) is -0.797. The maximum absolute atomic E-state index is 11.6. The lowest BCUT2D eigenvalue weighted by Gasteiger charge is -2.12. The minimum atomic E-state index is -3.25. The van der Waals surface area contributed by atoms with E-state index < -0.39 is 31.0 Å². The minimum Gasteiger partial charge on any atom is -0.480 e. The Balaban J connectivity index is 4.10. The van der Waals surface area contributed by atoms with Crippen LogP contribution in [0, 0.1) is 0 Å². The SMILES string of the molecule is O=C(N[C@@H](CCO)C(=O)O)C(F)F. The summed E-state index contributed by atoms with van der Waals surface area (Å²) in [6.07, 6.45) is -3.55. The molecule has 0 aliphatic heterocycles. The van der Waals surface area contributed by atoms with E-state index in [4.69, 9.17) is 10.2 Å². The Morgan fingerprint density at radius 3 is 2.23 bits per heavy atom. The highest BCUT2D eigenvalue weighted by atomic mass is 19.3. The van der Waals surface area contributed by atoms with Gasteiger partial charge in [-0.1, -0.05) is 0 Å². The van der Waals surface area contributed by atoms with Gasteiger partial charge in [-0.15, -0.1) is 0 Å². The first-order valence-corrected chi connectivity index (χ1v) is 3.41. The van der Waals surface area contributed by atoms with Crippen LogP contribution in [-0.4, -0.2) is 41.2 Å². The lowest BCUT2D eigenvalue weighted by molar-refractivity contribution is -0.144. The van der Waals surface area contributed by atoms with Crippen LogP contribution in [0.1, 0.15) is 6.42 Å². The largest absolute Gasteiger partial charge is 0.480 e. The summed E-state index contributed by atoms with van der Waals surface area (Å²) < 4.78 is 23.2. The van der Waals surface area contributed by atoms with Crippen molar-refractivity contribution in [3.63, 3.8) is 0 Å². The highest BCUT2D eigenvalue weighted by Crippen LogP contribution is 1.96. The summed E-state index contributed by atoms with van der Waals surface area (Å²) in [7, 11) is 0. The Morgan fingerprint density at radius 2 is 1.92 bits per heavy atom. The lowest BCUT2D eigenvalue weighted by Crippen LogP contribution is -2.43. The second-order valence-electron chi connectivity index (χ2n) is 2.21. The number of hydrogen-bond acceptors (Lipinski definition) is 3. The summed E-state index contributed by atoms with van der Waals surface area (Å²) in [5.41, 5.74) is 0. The summed E-state index contributed by atoms with van der Waals surface area (Å²) in [5.74, 6) is -3.11. The van der Waals surface area contributed by atoms with Gasteiger partial charge in [0.05, 0.1) is 0 Å². The average molecular weight is 197 g/mol. The van der Waals surface area contributed by atoms with Crippen molar-refractivity contribution in [1.29, 1.82) is 0 Å². The van der Waals surface area contributed by atoms with Crippen molar-refractivity contribution in [1.82, 2.24) is 5.32 Å². The second-order valence-corrected chi connectivity index (χ2v) is 2.21. The number of carboxylic acid groups (broad SMARTS) is 1. The number of hydrogen-bond donors (Lipinski definition) is 3. The first-order chi connectivity index (χ1) is 5.99. The number of carbonyl (C=O) groups is 2. The van der Waals surface area contributed by atoms with E-state index in [0.29, 0.717) is 0 Å². The molecule has 0 aromatic heterocycles. The van der Waals surface area contributed by atoms with Crippen molar-refractivity contribution in [3.8, 4) is 0 Å². The van der Waals surface area contributed by atoms with Crippen LogP contribution >= 0.6 is 0 Å². The number of rotatable bonds is 5. The summed E-state index contributed by atoms with van der Waals surface area (Å²) >= 11 is 0. The second kappa shape index (κ2) is 5.41. The fraction of sp³-hybridized carbons (Fsp3) is 0.667. The van der Waals surface area contributed by atoms with Gasteiger partial charge >= 0.3 is 12.4 Å². The molecule has 1 atom stereocenters. The molecule has 1 amide bonds. The lowest BCUT2D eigenvalue weighted by atomic mass is 10.2. The van der Waals surface area contributed by atoms with Crippen molar-refractivity contribution in [2.75, 3.05) is 6.61 Å². The van der Waals surface area contributed by atoms with Crippen LogP contribution in [-0.2, 0) is 9.59 Å². The molecular formula is C6H9F2NO4. The van der Waals surface area contributed by atoms with Gasteiger partial charge in [0.25, 0.3) is 5.91 Å². The first kappa shape index (κ1) is 11.8. The molecule has 5 nitrogen and oxygen atoms in total. The number of halogens is 2. The van der Waals surface area contributed by atoms with Crippen molar-refractivity contribution in [2.24, 2.45) is 0 Å². The molecule has 0 aliphatic rings. The molecule has 0 aromatic carbocycles. The molecule has 0 aromatic rings. The molecule has 0 fully saturated rings. The number of aliphatic hydroxyl groups excluding tert-OH is 1. The summed E-state index contributed by atoms with van der Waals surface area (Å²) in [5, 5.41) is 18.3. The van der Waals surface area contributed by atoms with Crippen molar-refractivity contribution >= 4 is 11.9 Å². The van der Waals surface area contributed by atoms with E-state index in [9.17, 15) is 18.4 Å². The molecule has 76 valence electrons. The zero-order chi connectivity index (χ0) is 10.4. The van der Waals surface area contributed by atoms with Gasteiger partial charge in [0.15, 0.2) is 0 Å². The van der Waals surface area contributed by atoms with Crippen LogP contribution < -0.4 is 5.32 Å². The van der Waals surface area contributed by atoms with Gasteiger partial charge in [0.2, 0.25) is 0 Å². The Kier molecular flexibility index (Phi) is 4.90. The van der Waals surface area contributed by atoms with Gasteiger partial charge in [-0.05, 0) is 0 Å². The van der Waals surface area contributed by atoms with E-state index in [1.165, 1.54) is 0 Å². The standard InChI is InChI=1S/C6H9F2NO4/c7-4(8)5(11)9-3(1-2-10)6(12)13/h3-4,10H,1-2H2,(H,9,11)(H,12,13)/t3-/m0/s1. The Morgan fingerprint density at radius 1 is 1.38 bits per heavy atom. The van der Waals surface area contributed by atoms with Crippen LogP contribution in [0.3, 0.4) is 0 Å². The van der Waals surface area contributed by atoms with Gasteiger partial charge < -0.3 is 15.5 Å². The molecule has 0 radical (unpaired) electrons. The molecule has 0 saturated heterocycles. The number of amides is 1. The number of carbonyl (C=O) groups excluding carboxylic acids is 1. The fourth-order valence-corrected chi connectivity index (χ4v) is 0.621. The van der Waals surface area contributed by atoms with E-state index in [1.54, 1.807) is 5.32 Å². The Bertz CT molecular complexity index is 197. The molecule has 13 heavy (non-hydrogen) atoms. The molecule has 0 bridgehead atoms. The van der Waals surface area contributed by atoms with Gasteiger partial charge in [-0.3, -0.25) is 4.79 Å². The van der Waals surface area contributed by atoms with Gasteiger partial charge in [-0.25, -0.2) is 4.79 Å². The van der Waals surface area contributed by atoms with Crippen LogP contribution in [0.15, 0.2) is 0 Å². The van der Waals surface area contributed by atoms with Gasteiger partial charge in [0.1, 0.15) is 6.04 Å². The van der Waals surface area contributed by atoms with E-state index >= 15 is 0 Å². The minimum absolute atomic E-state index is 0.298. The quantitative estimate of drug-likeness (QED) is 0.538. The fourth-order valence-electron chi connectivity index (χ4n) is 0.621. The molecule has 0 rings (SSSR count). The molecule has 0 aliphatic carbocycles. The number of nitrogens with one attached hydrogen (secondary N) is 1. The normalized spacial score (nSPS) is 12.6. The van der Waals surface area contributed by atoms with Crippen molar-refractivity contribution in [3.05, 3.63) is 0 Å². The highest BCUT2D eigenvalue weighted by Gasteiger charge is 2.23. The zero-order valence-corrected chi connectivity index (χ0v) is 6.54. The number of alkyl halides is 2. The van der Waals surface area contributed by atoms with Crippen molar-refractivity contribution < 1.29 is 28.6 Å². The van der Waals surface area contributed by atoms with Crippen LogP contribution in [0.25, 0.3) is 0 Å². The van der Waals surface area contributed by atoms with E-state index in [1.807, 2.05) is 0 Å². The highest BCUT2D eigenvalue weighted by molar-refractivity contribution is 5.85. The third kappa shape index (κ3) is 4.36. The predicted molar refractivity (Wildman–Crippen MR) is 37.3 cm³/mol. The summed E-state index contributed by atoms with van der Waals surface area (Å²) in [6.45, 7) is -0.500. The molecule has 7 heteroatoms. The zero-order valence-electron chi connectivity index (χ0n) is 6.54. The van der Waals surface area contributed by atoms with Crippen LogP contribution in [0.5, 0.6) is 0 Å². The molecular weight excluding hydrogens is 188 g/mol. The third-order valence-corrected chi connectivity index (χ3v) is 1.23. The topological polar surface area (TPSA) is 86.6 Å². The van der Waals surface area contributed by atoms with E-state index in [-0.39, 0.29) is 6.42 Å². The third-order valence-electron chi connectivity index (χ3n) is 1.23. The van der Waals surface area contributed by atoms with Crippen LogP contribution in [0.2, 0.25) is 0 Å². The Hall–Kier alpha value is -1.24. The summed E-state index contributed by atoms with van der Waals surface area (Å²) in [6, 6.07) is -1.47. The molecule has 0 spiro atoms. The van der Waals surface area contributed by atoms with E-state index in [0.717, 1.165) is 0 Å². The first-order valence-electron chi connectivity index (χ1n) is 3.41. The molecule has 0 saturated carbocycles. The monoisotopic (exact) mass is 197 g/mol. The average Bonchev–Trinajstić information content (AvgIpc) is 2.03. The van der Waals surface area contributed by atoms with Crippen molar-refractivity contribution in [2.45, 2.75) is 18.9 Å². The molecule has 3 N–H and O–H groups in total. The van der Waals surface area contributed by atoms with Crippen LogP contribution in [0.4, 0.5) is 8.78 Å². The van der Waals surface area contributed by atoms with E-state index in [2.05, 4.69) is 0 Å². The number of aliphatic hydroxyl groups is 1. The summed E-state index contributed by atoms with van der Waals surface area (Å²) in [4.78, 5) is 20.6. The maximum Gasteiger partial charge on any atom is 0.326 e. The number of carboxylic acids is 1. The number of aliphatic carboxylic acids is 1. The molecule has 0 unspecified atom stereocenters. The van der Waals surface area contributed by atoms with Gasteiger partial charge in [-0.2, -0.15) is 8.78 Å². The smallest absolute Gasteiger partial charge is 0.326 e. The molecule has 0 heterocycles.